The van der Waals surface area contributed by atoms with Gasteiger partial charge in [0.15, 0.2) is 0 Å². The lowest BCUT2D eigenvalue weighted by Gasteiger charge is -2.30. The van der Waals surface area contributed by atoms with Crippen LogP contribution in [0.15, 0.2) is 36.4 Å². The Balaban J connectivity index is 1.51. The number of carbonyl (C=O) groups is 1. The van der Waals surface area contributed by atoms with Crippen LogP contribution in [0.3, 0.4) is 0 Å². The van der Waals surface area contributed by atoms with Crippen molar-refractivity contribution in [3.05, 3.63) is 46.8 Å². The molecule has 1 aliphatic heterocycles. The molecule has 0 spiro atoms. The van der Waals surface area contributed by atoms with E-state index in [0.29, 0.717) is 0 Å². The molecule has 1 N–H and O–H groups in total. The van der Waals surface area contributed by atoms with E-state index in [0.717, 1.165) is 48.0 Å². The van der Waals surface area contributed by atoms with Crippen LogP contribution in [0.5, 0.6) is 0 Å². The van der Waals surface area contributed by atoms with E-state index in [9.17, 15) is 4.79 Å². The number of anilines is 2. The second-order valence-electron chi connectivity index (χ2n) is 6.60. The minimum atomic E-state index is 0.0603. The number of aryl methyl sites for hydroxylation is 1. The number of para-hydroxylation sites is 1. The monoisotopic (exact) mass is 388 g/mol. The summed E-state index contributed by atoms with van der Waals surface area (Å²) in [5.74, 6) is 2.42. The van der Waals surface area contributed by atoms with Crippen molar-refractivity contribution in [2.45, 2.75) is 39.0 Å². The molecule has 0 bridgehead atoms. The number of fused-ring (bicyclic) bond motifs is 1. The van der Waals surface area contributed by atoms with Crippen LogP contribution in [0.1, 0.15) is 47.8 Å². The molecule has 1 aromatic carbocycles. The molecular weight excluding hydrogens is 360 g/mol. The maximum Gasteiger partial charge on any atom is 0.261 e. The van der Waals surface area contributed by atoms with E-state index in [-0.39, 0.29) is 5.91 Å². The van der Waals surface area contributed by atoms with E-state index in [1.54, 1.807) is 11.3 Å². The summed E-state index contributed by atoms with van der Waals surface area (Å²) in [5.41, 5.74) is 2.69. The smallest absolute Gasteiger partial charge is 0.261 e. The topological polar surface area (TPSA) is 32.3 Å². The first-order valence-corrected chi connectivity index (χ1v) is 11.6. The number of hydrogen-bond donors (Lipinski definition) is 1. The molecule has 26 heavy (non-hydrogen) atoms. The lowest BCUT2D eigenvalue weighted by atomic mass is 10.0. The van der Waals surface area contributed by atoms with Crippen LogP contribution in [-0.4, -0.2) is 30.5 Å². The van der Waals surface area contributed by atoms with Gasteiger partial charge in [-0.05, 0) is 61.0 Å². The van der Waals surface area contributed by atoms with Gasteiger partial charge in [0.1, 0.15) is 0 Å². The van der Waals surface area contributed by atoms with Crippen molar-refractivity contribution in [3.63, 3.8) is 0 Å². The summed E-state index contributed by atoms with van der Waals surface area (Å²) in [4.78, 5) is 15.6. The van der Waals surface area contributed by atoms with Gasteiger partial charge in [-0.3, -0.25) is 4.79 Å². The highest BCUT2D eigenvalue weighted by Gasteiger charge is 2.20. The molecule has 1 aromatic heterocycles. The maximum atomic E-state index is 12.4. The molecule has 0 saturated carbocycles. The summed E-state index contributed by atoms with van der Waals surface area (Å²) in [5, 5.41) is 4.23. The molecule has 2 heterocycles. The summed E-state index contributed by atoms with van der Waals surface area (Å²) in [6, 6.07) is 12.6. The Labute approximate surface area is 165 Å². The van der Waals surface area contributed by atoms with Gasteiger partial charge in [0.2, 0.25) is 0 Å². The molecule has 3 nitrogen and oxygen atoms in total. The first-order chi connectivity index (χ1) is 12.8. The molecule has 0 saturated heterocycles. The summed E-state index contributed by atoms with van der Waals surface area (Å²) >= 11 is 3.58. The fourth-order valence-electron chi connectivity index (χ4n) is 3.17. The highest BCUT2D eigenvalue weighted by atomic mass is 32.2. The van der Waals surface area contributed by atoms with E-state index in [4.69, 9.17) is 0 Å². The van der Waals surface area contributed by atoms with Crippen LogP contribution in [0.25, 0.3) is 0 Å². The fraction of sp³-hybridized carbons (Fsp3) is 0.476. The molecule has 0 unspecified atom stereocenters. The number of unbranched alkanes of at least 4 members (excludes halogenated alkanes) is 1. The van der Waals surface area contributed by atoms with Gasteiger partial charge in [-0.1, -0.05) is 31.5 Å². The second-order valence-corrected chi connectivity index (χ2v) is 8.88. The SMILES string of the molecule is CCCCSCCCNC(=O)c1ccc(N2CCCc3ccccc32)s1. The van der Waals surface area contributed by atoms with Crippen molar-refractivity contribution in [2.24, 2.45) is 0 Å². The Morgan fingerprint density at radius 3 is 2.92 bits per heavy atom. The molecular formula is C21H28N2OS2. The van der Waals surface area contributed by atoms with Crippen molar-refractivity contribution in [1.29, 1.82) is 0 Å². The predicted octanol–water partition coefficient (Wildman–Crippen LogP) is 5.49. The number of nitrogens with zero attached hydrogens (tertiary/aromatic N) is 1. The molecule has 140 valence electrons. The number of thioether (sulfide) groups is 1. The van der Waals surface area contributed by atoms with Crippen molar-refractivity contribution < 1.29 is 4.79 Å². The van der Waals surface area contributed by atoms with Crippen molar-refractivity contribution in [2.75, 3.05) is 29.5 Å². The first-order valence-electron chi connectivity index (χ1n) is 9.61. The number of nitrogens with one attached hydrogen (secondary N) is 1. The maximum absolute atomic E-state index is 12.4. The van der Waals surface area contributed by atoms with E-state index >= 15 is 0 Å². The molecule has 0 fully saturated rings. The number of thiophene rings is 1. The number of benzene rings is 1. The third-order valence-corrected chi connectivity index (χ3v) is 6.85. The molecule has 5 heteroatoms. The van der Waals surface area contributed by atoms with Gasteiger partial charge in [-0.15, -0.1) is 11.3 Å². The first kappa shape index (κ1) is 19.3. The zero-order chi connectivity index (χ0) is 18.2. The van der Waals surface area contributed by atoms with E-state index in [1.807, 2.05) is 17.8 Å². The van der Waals surface area contributed by atoms with Gasteiger partial charge in [0.05, 0.1) is 9.88 Å². The third kappa shape index (κ3) is 5.04. The molecule has 3 rings (SSSR count). The Morgan fingerprint density at radius 1 is 1.19 bits per heavy atom. The quantitative estimate of drug-likeness (QED) is 0.577. The Morgan fingerprint density at radius 2 is 2.04 bits per heavy atom. The van der Waals surface area contributed by atoms with E-state index in [1.165, 1.54) is 29.8 Å². The normalized spacial score (nSPS) is 13.5. The molecule has 1 amide bonds. The van der Waals surface area contributed by atoms with Crippen LogP contribution < -0.4 is 10.2 Å². The highest BCUT2D eigenvalue weighted by Crippen LogP contribution is 2.37. The van der Waals surface area contributed by atoms with E-state index in [2.05, 4.69) is 47.5 Å². The van der Waals surface area contributed by atoms with Gasteiger partial charge in [-0.25, -0.2) is 0 Å². The number of hydrogen-bond acceptors (Lipinski definition) is 4. The Hall–Kier alpha value is -1.46. The average Bonchev–Trinajstić information content (AvgIpc) is 3.17. The third-order valence-electron chi connectivity index (χ3n) is 4.59. The van der Waals surface area contributed by atoms with E-state index < -0.39 is 0 Å². The van der Waals surface area contributed by atoms with Gasteiger partial charge in [0.25, 0.3) is 5.91 Å². The molecule has 2 aromatic rings. The second kappa shape index (κ2) is 10.0. The number of carbonyl (C=O) groups excluding carboxylic acids is 1. The van der Waals surface area contributed by atoms with Crippen LogP contribution in [0.2, 0.25) is 0 Å². The summed E-state index contributed by atoms with van der Waals surface area (Å²) < 4.78 is 0. The van der Waals surface area contributed by atoms with Crippen molar-refractivity contribution in [3.8, 4) is 0 Å². The zero-order valence-electron chi connectivity index (χ0n) is 15.5. The predicted molar refractivity (Wildman–Crippen MR) is 115 cm³/mol. The minimum Gasteiger partial charge on any atom is -0.351 e. The molecule has 0 radical (unpaired) electrons. The van der Waals surface area contributed by atoms with Gasteiger partial charge < -0.3 is 10.2 Å². The van der Waals surface area contributed by atoms with Crippen LogP contribution in [0.4, 0.5) is 10.7 Å². The largest absolute Gasteiger partial charge is 0.351 e. The number of amides is 1. The molecule has 0 atom stereocenters. The van der Waals surface area contributed by atoms with Gasteiger partial charge >= 0.3 is 0 Å². The van der Waals surface area contributed by atoms with Gasteiger partial charge in [0, 0.05) is 18.8 Å². The summed E-state index contributed by atoms with van der Waals surface area (Å²) in [7, 11) is 0. The van der Waals surface area contributed by atoms with Gasteiger partial charge in [-0.2, -0.15) is 11.8 Å². The zero-order valence-corrected chi connectivity index (χ0v) is 17.1. The van der Waals surface area contributed by atoms with Crippen LogP contribution in [-0.2, 0) is 6.42 Å². The average molecular weight is 389 g/mol. The Kier molecular flexibility index (Phi) is 7.44. The lowest BCUT2D eigenvalue weighted by Crippen LogP contribution is -2.24. The Bertz CT molecular complexity index is 714. The van der Waals surface area contributed by atoms with Crippen molar-refractivity contribution in [1.82, 2.24) is 5.32 Å². The van der Waals surface area contributed by atoms with Crippen LogP contribution in [0, 0.1) is 0 Å². The molecule has 0 aliphatic carbocycles. The minimum absolute atomic E-state index is 0.0603. The number of rotatable bonds is 9. The van der Waals surface area contributed by atoms with Crippen LogP contribution >= 0.6 is 23.1 Å². The summed E-state index contributed by atoms with van der Waals surface area (Å²) in [6.45, 7) is 4.00. The lowest BCUT2D eigenvalue weighted by molar-refractivity contribution is 0.0958. The highest BCUT2D eigenvalue weighted by molar-refractivity contribution is 7.99. The summed E-state index contributed by atoms with van der Waals surface area (Å²) in [6.07, 6.45) is 5.88. The molecule has 1 aliphatic rings. The fourth-order valence-corrected chi connectivity index (χ4v) is 5.18. The standard InChI is InChI=1S/C21H28N2OS2/c1-2-3-15-25-16-7-13-22-21(24)19-11-12-20(26-19)23-14-6-9-17-8-4-5-10-18(17)23/h4-5,8,10-12H,2-3,6-7,9,13-16H2,1H3,(H,22,24). The van der Waals surface area contributed by atoms with Crippen molar-refractivity contribution >= 4 is 39.7 Å².